The highest BCUT2D eigenvalue weighted by Crippen LogP contribution is 2.26. The van der Waals surface area contributed by atoms with Crippen molar-refractivity contribution < 1.29 is 0 Å². The lowest BCUT2D eigenvalue weighted by atomic mass is 10.1. The van der Waals surface area contributed by atoms with E-state index < -0.39 is 0 Å². The Morgan fingerprint density at radius 3 is 2.95 bits per heavy atom. The molecule has 6 heteroatoms. The van der Waals surface area contributed by atoms with Crippen LogP contribution < -0.4 is 11.1 Å². The highest BCUT2D eigenvalue weighted by Gasteiger charge is 2.22. The summed E-state index contributed by atoms with van der Waals surface area (Å²) < 4.78 is 0. The van der Waals surface area contributed by atoms with Crippen LogP contribution in [0.3, 0.4) is 0 Å². The monoisotopic (exact) mass is 342 g/mol. The molecule has 0 bridgehead atoms. The van der Waals surface area contributed by atoms with E-state index in [1.807, 2.05) is 19.1 Å². The van der Waals surface area contributed by atoms with Crippen LogP contribution in [0.1, 0.15) is 38.3 Å². The van der Waals surface area contributed by atoms with Crippen LogP contribution in [0.4, 0.5) is 0 Å². The number of guanidine groups is 1. The van der Waals surface area contributed by atoms with Gasteiger partial charge in [0.25, 0.3) is 0 Å². The number of nitrogens with two attached hydrogens (primary N) is 1. The van der Waals surface area contributed by atoms with E-state index in [0.717, 1.165) is 18.7 Å². The third-order valence-electron chi connectivity index (χ3n) is 4.17. The van der Waals surface area contributed by atoms with Gasteiger partial charge in [-0.1, -0.05) is 36.2 Å². The number of hydrogen-bond donors (Lipinski definition) is 2. The Kier molecular flexibility index (Phi) is 6.36. The number of halogens is 2. The normalized spacial score (nSPS) is 21.1. The van der Waals surface area contributed by atoms with Crippen molar-refractivity contribution >= 4 is 29.2 Å². The quantitative estimate of drug-likeness (QED) is 0.636. The maximum atomic E-state index is 6.21. The van der Waals surface area contributed by atoms with Crippen molar-refractivity contribution in [1.82, 2.24) is 10.2 Å². The van der Waals surface area contributed by atoms with Gasteiger partial charge in [0.15, 0.2) is 5.96 Å². The molecular formula is C16H24Cl2N4. The molecule has 1 aliphatic heterocycles. The maximum Gasteiger partial charge on any atom is 0.189 e. The topological polar surface area (TPSA) is 53.6 Å². The number of likely N-dealkylation sites (tertiary alicyclic amines) is 1. The first-order valence-electron chi connectivity index (χ1n) is 7.76. The SMILES string of the molecule is CCN1CCCC1CN=C(N)NC(C)c1ccc(Cl)cc1Cl. The predicted molar refractivity (Wildman–Crippen MR) is 94.8 cm³/mol. The Balaban J connectivity index is 1.92. The van der Waals surface area contributed by atoms with Crippen LogP contribution in [0, 0.1) is 0 Å². The molecule has 0 aromatic heterocycles. The van der Waals surface area contributed by atoms with E-state index in [1.165, 1.54) is 19.4 Å². The molecule has 4 nitrogen and oxygen atoms in total. The summed E-state index contributed by atoms with van der Waals surface area (Å²) in [5, 5.41) is 4.46. The second-order valence-electron chi connectivity index (χ2n) is 5.68. The number of aliphatic imine (C=N–C) groups is 1. The van der Waals surface area contributed by atoms with E-state index in [-0.39, 0.29) is 6.04 Å². The highest BCUT2D eigenvalue weighted by molar-refractivity contribution is 6.35. The lowest BCUT2D eigenvalue weighted by Gasteiger charge is -2.21. The Morgan fingerprint density at radius 1 is 1.50 bits per heavy atom. The Bertz CT molecular complexity index is 533. The average Bonchev–Trinajstić information content (AvgIpc) is 2.92. The van der Waals surface area contributed by atoms with Crippen LogP contribution in [0.5, 0.6) is 0 Å². The van der Waals surface area contributed by atoms with E-state index in [9.17, 15) is 0 Å². The number of rotatable bonds is 5. The minimum absolute atomic E-state index is 0.0145. The van der Waals surface area contributed by atoms with Gasteiger partial charge in [-0.15, -0.1) is 0 Å². The molecule has 1 aromatic carbocycles. The van der Waals surface area contributed by atoms with Crippen LogP contribution in [-0.2, 0) is 0 Å². The average molecular weight is 343 g/mol. The van der Waals surface area contributed by atoms with Gasteiger partial charge in [-0.05, 0) is 50.6 Å². The molecule has 2 rings (SSSR count). The maximum absolute atomic E-state index is 6.21. The smallest absolute Gasteiger partial charge is 0.189 e. The van der Waals surface area contributed by atoms with E-state index >= 15 is 0 Å². The fourth-order valence-corrected chi connectivity index (χ4v) is 3.49. The zero-order valence-corrected chi connectivity index (χ0v) is 14.7. The first-order valence-corrected chi connectivity index (χ1v) is 8.52. The molecule has 2 atom stereocenters. The lowest BCUT2D eigenvalue weighted by molar-refractivity contribution is 0.273. The third kappa shape index (κ3) is 4.51. The van der Waals surface area contributed by atoms with E-state index in [4.69, 9.17) is 28.9 Å². The van der Waals surface area contributed by atoms with Crippen LogP contribution in [0.25, 0.3) is 0 Å². The van der Waals surface area contributed by atoms with Gasteiger partial charge in [-0.25, -0.2) is 0 Å². The van der Waals surface area contributed by atoms with Gasteiger partial charge < -0.3 is 11.1 Å². The van der Waals surface area contributed by atoms with Crippen molar-refractivity contribution in [3.63, 3.8) is 0 Å². The van der Waals surface area contributed by atoms with Gasteiger partial charge >= 0.3 is 0 Å². The first-order chi connectivity index (χ1) is 10.5. The number of hydrogen-bond acceptors (Lipinski definition) is 2. The number of nitrogens with zero attached hydrogens (tertiary/aromatic N) is 2. The van der Waals surface area contributed by atoms with Crippen molar-refractivity contribution in [2.24, 2.45) is 10.7 Å². The van der Waals surface area contributed by atoms with E-state index in [1.54, 1.807) is 6.07 Å². The molecule has 0 aliphatic carbocycles. The minimum Gasteiger partial charge on any atom is -0.370 e. The molecule has 0 amide bonds. The fourth-order valence-electron chi connectivity index (χ4n) is 2.92. The summed E-state index contributed by atoms with van der Waals surface area (Å²) in [5.74, 6) is 0.460. The molecule has 1 aromatic rings. The molecule has 1 aliphatic rings. The second kappa shape index (κ2) is 8.04. The molecular weight excluding hydrogens is 319 g/mol. The fraction of sp³-hybridized carbons (Fsp3) is 0.562. The predicted octanol–water partition coefficient (Wildman–Crippen LogP) is 3.44. The summed E-state index contributed by atoms with van der Waals surface area (Å²) in [4.78, 5) is 6.94. The molecule has 0 saturated carbocycles. The second-order valence-corrected chi connectivity index (χ2v) is 6.53. The van der Waals surface area contributed by atoms with Gasteiger partial charge in [-0.3, -0.25) is 9.89 Å². The van der Waals surface area contributed by atoms with Crippen molar-refractivity contribution in [3.05, 3.63) is 33.8 Å². The van der Waals surface area contributed by atoms with Crippen LogP contribution in [-0.4, -0.2) is 36.5 Å². The van der Waals surface area contributed by atoms with Gasteiger partial charge in [0.05, 0.1) is 12.6 Å². The third-order valence-corrected chi connectivity index (χ3v) is 4.73. The van der Waals surface area contributed by atoms with Crippen molar-refractivity contribution in [3.8, 4) is 0 Å². The Labute approximate surface area is 142 Å². The molecule has 1 saturated heterocycles. The zero-order chi connectivity index (χ0) is 16.1. The van der Waals surface area contributed by atoms with Gasteiger partial charge in [0.1, 0.15) is 0 Å². The minimum atomic E-state index is -0.0145. The highest BCUT2D eigenvalue weighted by atomic mass is 35.5. The summed E-state index contributed by atoms with van der Waals surface area (Å²) in [5.41, 5.74) is 6.97. The van der Waals surface area contributed by atoms with Crippen LogP contribution in [0.15, 0.2) is 23.2 Å². The molecule has 3 N–H and O–H groups in total. The molecule has 0 spiro atoms. The van der Waals surface area contributed by atoms with Gasteiger partial charge in [-0.2, -0.15) is 0 Å². The van der Waals surface area contributed by atoms with Crippen LogP contribution >= 0.6 is 23.2 Å². The van der Waals surface area contributed by atoms with Gasteiger partial charge in [0.2, 0.25) is 0 Å². The van der Waals surface area contributed by atoms with Crippen LogP contribution in [0.2, 0.25) is 10.0 Å². The Morgan fingerprint density at radius 2 is 2.27 bits per heavy atom. The van der Waals surface area contributed by atoms with Crippen molar-refractivity contribution in [2.75, 3.05) is 19.6 Å². The lowest BCUT2D eigenvalue weighted by Crippen LogP contribution is -2.36. The summed E-state index contributed by atoms with van der Waals surface area (Å²) in [7, 11) is 0. The summed E-state index contributed by atoms with van der Waals surface area (Å²) in [6.45, 7) is 7.18. The first kappa shape index (κ1) is 17.4. The Hall–Kier alpha value is -0.970. The number of likely N-dealkylation sites (N-methyl/N-ethyl adjacent to an activating group) is 1. The van der Waals surface area contributed by atoms with Gasteiger partial charge in [0, 0.05) is 16.1 Å². The molecule has 1 fully saturated rings. The molecule has 0 radical (unpaired) electrons. The summed E-state index contributed by atoms with van der Waals surface area (Å²) >= 11 is 12.1. The zero-order valence-electron chi connectivity index (χ0n) is 13.1. The summed E-state index contributed by atoms with van der Waals surface area (Å²) in [6, 6.07) is 5.97. The summed E-state index contributed by atoms with van der Waals surface area (Å²) in [6.07, 6.45) is 2.45. The number of benzene rings is 1. The molecule has 1 heterocycles. The number of nitrogens with one attached hydrogen (secondary N) is 1. The molecule has 2 unspecified atom stereocenters. The van der Waals surface area contributed by atoms with Crippen molar-refractivity contribution in [2.45, 2.75) is 38.8 Å². The standard InChI is InChI=1S/C16H24Cl2N4/c1-3-22-8-4-5-13(22)10-20-16(19)21-11(2)14-7-6-12(17)9-15(14)18/h6-7,9,11,13H,3-5,8,10H2,1-2H3,(H3,19,20,21). The van der Waals surface area contributed by atoms with E-state index in [0.29, 0.717) is 22.0 Å². The molecule has 122 valence electrons. The van der Waals surface area contributed by atoms with Crippen molar-refractivity contribution in [1.29, 1.82) is 0 Å². The molecule has 22 heavy (non-hydrogen) atoms. The largest absolute Gasteiger partial charge is 0.370 e. The van der Waals surface area contributed by atoms with E-state index in [2.05, 4.69) is 22.1 Å².